The lowest BCUT2D eigenvalue weighted by Gasteiger charge is -1.87. The van der Waals surface area contributed by atoms with Gasteiger partial charge in [-0.25, -0.2) is 4.98 Å². The first kappa shape index (κ1) is 8.22. The topological polar surface area (TPSA) is 45.8 Å². The van der Waals surface area contributed by atoms with Crippen molar-refractivity contribution in [2.75, 3.05) is 0 Å². The molecule has 0 fully saturated rings. The fourth-order valence-corrected chi connectivity index (χ4v) is 2.34. The van der Waals surface area contributed by atoms with E-state index in [4.69, 9.17) is 11.6 Å². The highest BCUT2D eigenvalue weighted by Gasteiger charge is 2.04. The smallest absolute Gasteiger partial charge is 0.263 e. The summed E-state index contributed by atoms with van der Waals surface area (Å²) in [5.41, 5.74) is 0.350. The maximum Gasteiger partial charge on any atom is 0.263 e. The van der Waals surface area contributed by atoms with Gasteiger partial charge in [-0.3, -0.25) is 4.79 Å². The zero-order valence-electron chi connectivity index (χ0n) is 5.60. The number of nitrogens with one attached hydrogen (secondary N) is 1. The number of aromatic amines is 1. The van der Waals surface area contributed by atoms with E-state index in [-0.39, 0.29) is 5.56 Å². The number of hydrogen-bond donors (Lipinski definition) is 1. The molecule has 2 rings (SSSR count). The van der Waals surface area contributed by atoms with E-state index < -0.39 is 0 Å². The van der Waals surface area contributed by atoms with Crippen molar-refractivity contribution >= 4 is 49.2 Å². The highest BCUT2D eigenvalue weighted by atomic mass is 79.9. The van der Waals surface area contributed by atoms with E-state index in [1.165, 1.54) is 11.3 Å². The lowest BCUT2D eigenvalue weighted by atomic mass is 10.5. The number of fused-ring (bicyclic) bond motifs is 1. The molecule has 0 aliphatic heterocycles. The van der Waals surface area contributed by atoms with E-state index in [2.05, 4.69) is 25.9 Å². The Kier molecular flexibility index (Phi) is 1.94. The van der Waals surface area contributed by atoms with Crippen molar-refractivity contribution in [1.29, 1.82) is 0 Å². The SMILES string of the molecule is O=c1[nH]c2nc(Cl)sc2cc1Br. The number of halogens is 2. The Hall–Kier alpha value is -0.390. The standard InChI is InChI=1S/C6H2BrClN2OS/c7-2-1-3-4(9-5(2)11)10-6(8)12-3/h1H,(H,9,11). The molecule has 0 aromatic carbocycles. The molecule has 0 spiro atoms. The van der Waals surface area contributed by atoms with Crippen LogP contribution >= 0.6 is 38.9 Å². The first-order chi connectivity index (χ1) is 5.66. The molecule has 2 aromatic heterocycles. The van der Waals surface area contributed by atoms with Crippen LogP contribution in [0.25, 0.3) is 10.3 Å². The number of nitrogens with zero attached hydrogens (tertiary/aromatic N) is 1. The van der Waals surface area contributed by atoms with Gasteiger partial charge in [0.2, 0.25) is 0 Å². The molecule has 2 aromatic rings. The van der Waals surface area contributed by atoms with Crippen molar-refractivity contribution in [3.63, 3.8) is 0 Å². The molecule has 0 aliphatic carbocycles. The lowest BCUT2D eigenvalue weighted by molar-refractivity contribution is 1.24. The van der Waals surface area contributed by atoms with E-state index in [9.17, 15) is 4.79 Å². The van der Waals surface area contributed by atoms with Crippen LogP contribution in [0.15, 0.2) is 15.3 Å². The Bertz CT molecular complexity index is 492. The molecule has 0 saturated carbocycles. The second-order valence-corrected chi connectivity index (χ2v) is 4.59. The van der Waals surface area contributed by atoms with E-state index in [1.54, 1.807) is 6.07 Å². The predicted octanol–water partition coefficient (Wildman–Crippen LogP) is 2.40. The van der Waals surface area contributed by atoms with Gasteiger partial charge in [-0.05, 0) is 22.0 Å². The molecule has 1 N–H and O–H groups in total. The number of rotatable bonds is 0. The van der Waals surface area contributed by atoms with Gasteiger partial charge >= 0.3 is 0 Å². The fraction of sp³-hybridized carbons (Fsp3) is 0. The van der Waals surface area contributed by atoms with Crippen LogP contribution in [0, 0.1) is 0 Å². The highest BCUT2D eigenvalue weighted by Crippen LogP contribution is 2.24. The second-order valence-electron chi connectivity index (χ2n) is 2.13. The first-order valence-corrected chi connectivity index (χ1v) is 5.00. The predicted molar refractivity (Wildman–Crippen MR) is 53.0 cm³/mol. The Labute approximate surface area is 84.5 Å². The zero-order valence-corrected chi connectivity index (χ0v) is 8.76. The molecule has 0 unspecified atom stereocenters. The summed E-state index contributed by atoms with van der Waals surface area (Å²) in [5, 5.41) is 0. The van der Waals surface area contributed by atoms with Crippen LogP contribution < -0.4 is 5.56 Å². The third kappa shape index (κ3) is 1.28. The molecule has 0 saturated heterocycles. The number of thiazole rings is 1. The third-order valence-corrected chi connectivity index (χ3v) is 3.03. The Morgan fingerprint density at radius 3 is 3.17 bits per heavy atom. The average molecular weight is 266 g/mol. The molecule has 3 nitrogen and oxygen atoms in total. The van der Waals surface area contributed by atoms with Crippen molar-refractivity contribution in [1.82, 2.24) is 9.97 Å². The van der Waals surface area contributed by atoms with Crippen LogP contribution in [-0.2, 0) is 0 Å². The van der Waals surface area contributed by atoms with Gasteiger partial charge in [0.1, 0.15) is 0 Å². The molecule has 0 aliphatic rings. The summed E-state index contributed by atoms with van der Waals surface area (Å²) in [6.45, 7) is 0. The molecular formula is C6H2BrClN2OS. The summed E-state index contributed by atoms with van der Waals surface area (Å²) < 4.78 is 1.79. The lowest BCUT2D eigenvalue weighted by Crippen LogP contribution is -2.05. The van der Waals surface area contributed by atoms with Crippen molar-refractivity contribution < 1.29 is 0 Å². The van der Waals surface area contributed by atoms with Gasteiger partial charge in [-0.2, -0.15) is 0 Å². The molecule has 0 atom stereocenters. The molecule has 62 valence electrons. The molecule has 0 bridgehead atoms. The molecule has 0 radical (unpaired) electrons. The van der Waals surface area contributed by atoms with Crippen molar-refractivity contribution in [3.8, 4) is 0 Å². The van der Waals surface area contributed by atoms with Crippen LogP contribution in [-0.4, -0.2) is 9.97 Å². The van der Waals surface area contributed by atoms with E-state index in [0.717, 1.165) is 4.70 Å². The summed E-state index contributed by atoms with van der Waals surface area (Å²) >= 11 is 10.1. The van der Waals surface area contributed by atoms with Gasteiger partial charge in [0.15, 0.2) is 10.1 Å². The van der Waals surface area contributed by atoms with Gasteiger partial charge in [0, 0.05) is 0 Å². The summed E-state index contributed by atoms with van der Waals surface area (Å²) in [6, 6.07) is 1.71. The van der Waals surface area contributed by atoms with Gasteiger partial charge in [-0.1, -0.05) is 11.6 Å². The molecule has 2 heterocycles. The zero-order chi connectivity index (χ0) is 8.72. The quantitative estimate of drug-likeness (QED) is 0.795. The molecule has 6 heteroatoms. The van der Waals surface area contributed by atoms with E-state index in [0.29, 0.717) is 14.6 Å². The van der Waals surface area contributed by atoms with Crippen LogP contribution in [0.4, 0.5) is 0 Å². The van der Waals surface area contributed by atoms with Crippen LogP contribution in [0.2, 0.25) is 4.47 Å². The average Bonchev–Trinajstić information content (AvgIpc) is 2.30. The summed E-state index contributed by atoms with van der Waals surface area (Å²) in [5.74, 6) is 0. The van der Waals surface area contributed by atoms with Crippen LogP contribution in [0.3, 0.4) is 0 Å². The monoisotopic (exact) mass is 264 g/mol. The maximum atomic E-state index is 11.1. The first-order valence-electron chi connectivity index (χ1n) is 3.01. The molecule has 12 heavy (non-hydrogen) atoms. The number of H-pyrrole nitrogens is 1. The summed E-state index contributed by atoms with van der Waals surface area (Å²) in [7, 11) is 0. The number of aromatic nitrogens is 2. The van der Waals surface area contributed by atoms with Crippen molar-refractivity contribution in [2.24, 2.45) is 0 Å². The number of pyridine rings is 1. The van der Waals surface area contributed by atoms with Crippen molar-refractivity contribution in [3.05, 3.63) is 25.4 Å². The van der Waals surface area contributed by atoms with Gasteiger partial charge in [0.25, 0.3) is 5.56 Å². The normalized spacial score (nSPS) is 10.8. The maximum absolute atomic E-state index is 11.1. The summed E-state index contributed by atoms with van der Waals surface area (Å²) in [6.07, 6.45) is 0. The Morgan fingerprint density at radius 2 is 2.42 bits per heavy atom. The van der Waals surface area contributed by atoms with Gasteiger partial charge in [0.05, 0.1) is 9.17 Å². The van der Waals surface area contributed by atoms with Crippen LogP contribution in [0.5, 0.6) is 0 Å². The number of hydrogen-bond acceptors (Lipinski definition) is 3. The molecule has 0 amide bonds. The van der Waals surface area contributed by atoms with Gasteiger partial charge < -0.3 is 4.98 Å². The van der Waals surface area contributed by atoms with Crippen LogP contribution in [0.1, 0.15) is 0 Å². The second kappa shape index (κ2) is 2.83. The fourth-order valence-electron chi connectivity index (χ4n) is 0.840. The van der Waals surface area contributed by atoms with Crippen molar-refractivity contribution in [2.45, 2.75) is 0 Å². The largest absolute Gasteiger partial charge is 0.305 e. The van der Waals surface area contributed by atoms with Gasteiger partial charge in [-0.15, -0.1) is 11.3 Å². The third-order valence-electron chi connectivity index (χ3n) is 1.33. The minimum atomic E-state index is -0.190. The Balaban J connectivity index is 2.92. The summed E-state index contributed by atoms with van der Waals surface area (Å²) in [4.78, 5) is 17.6. The highest BCUT2D eigenvalue weighted by molar-refractivity contribution is 9.10. The minimum absolute atomic E-state index is 0.190. The van der Waals surface area contributed by atoms with E-state index >= 15 is 0 Å². The minimum Gasteiger partial charge on any atom is -0.305 e. The Morgan fingerprint density at radius 1 is 1.67 bits per heavy atom. The van der Waals surface area contributed by atoms with E-state index in [1.807, 2.05) is 0 Å². The molecular weight excluding hydrogens is 264 g/mol.